The number of nitrogens with zero attached hydrogens (tertiary/aromatic N) is 1. The van der Waals surface area contributed by atoms with Crippen LogP contribution in [0.25, 0.3) is 0 Å². The molecule has 0 radical (unpaired) electrons. The highest BCUT2D eigenvalue weighted by atomic mass is 16.2. The van der Waals surface area contributed by atoms with Crippen LogP contribution in [-0.2, 0) is 4.79 Å². The molecule has 2 aliphatic heterocycles. The number of carbonyl (C=O) groups is 1. The minimum atomic E-state index is -0.0285. The Hall–Kier alpha value is -1.55. The molecule has 1 atom stereocenters. The summed E-state index contributed by atoms with van der Waals surface area (Å²) in [5.41, 5.74) is 2.13. The molecule has 20 heavy (non-hydrogen) atoms. The van der Waals surface area contributed by atoms with Gasteiger partial charge in [-0.2, -0.15) is 0 Å². The second kappa shape index (κ2) is 6.27. The third kappa shape index (κ3) is 3.12. The first-order valence-corrected chi connectivity index (χ1v) is 7.72. The zero-order valence-corrected chi connectivity index (χ0v) is 11.9. The van der Waals surface area contributed by atoms with Gasteiger partial charge < -0.3 is 15.5 Å². The molecular weight excluding hydrogens is 250 g/mol. The summed E-state index contributed by atoms with van der Waals surface area (Å²) in [7, 11) is 0. The fourth-order valence-electron chi connectivity index (χ4n) is 3.06. The first kappa shape index (κ1) is 13.4. The molecule has 4 nitrogen and oxygen atoms in total. The number of nitrogens with one attached hydrogen (secondary N) is 2. The number of benzene rings is 1. The second-order valence-electron chi connectivity index (χ2n) is 5.74. The Labute approximate surface area is 120 Å². The molecule has 1 unspecified atom stereocenters. The van der Waals surface area contributed by atoms with E-state index in [-0.39, 0.29) is 11.9 Å². The predicted molar refractivity (Wildman–Crippen MR) is 82.2 cm³/mol. The van der Waals surface area contributed by atoms with E-state index in [1.165, 1.54) is 24.9 Å². The molecule has 0 spiro atoms. The molecule has 2 heterocycles. The summed E-state index contributed by atoms with van der Waals surface area (Å²) in [6, 6.07) is 8.18. The monoisotopic (exact) mass is 273 g/mol. The maximum Gasteiger partial charge on any atom is 0.241 e. The van der Waals surface area contributed by atoms with Crippen molar-refractivity contribution >= 4 is 17.3 Å². The maximum absolute atomic E-state index is 12.2. The summed E-state index contributed by atoms with van der Waals surface area (Å²) >= 11 is 0. The zero-order chi connectivity index (χ0) is 13.8. The number of hydrogen-bond acceptors (Lipinski definition) is 3. The second-order valence-corrected chi connectivity index (χ2v) is 5.74. The van der Waals surface area contributed by atoms with Crippen LogP contribution in [0.15, 0.2) is 24.3 Å². The minimum absolute atomic E-state index is 0.0285. The summed E-state index contributed by atoms with van der Waals surface area (Å²) in [4.78, 5) is 14.6. The Morgan fingerprint density at radius 2 is 2.05 bits per heavy atom. The van der Waals surface area contributed by atoms with Crippen LogP contribution in [0.3, 0.4) is 0 Å². The van der Waals surface area contributed by atoms with Crippen molar-refractivity contribution in [3.63, 3.8) is 0 Å². The predicted octanol–water partition coefficient (Wildman–Crippen LogP) is 2.37. The van der Waals surface area contributed by atoms with E-state index in [0.29, 0.717) is 0 Å². The van der Waals surface area contributed by atoms with E-state index in [2.05, 4.69) is 27.7 Å². The Morgan fingerprint density at radius 3 is 2.80 bits per heavy atom. The molecule has 1 aromatic carbocycles. The first-order valence-electron chi connectivity index (χ1n) is 7.72. The Morgan fingerprint density at radius 1 is 1.20 bits per heavy atom. The van der Waals surface area contributed by atoms with Crippen LogP contribution in [0.4, 0.5) is 11.4 Å². The van der Waals surface area contributed by atoms with Gasteiger partial charge >= 0.3 is 0 Å². The lowest BCUT2D eigenvalue weighted by Gasteiger charge is -2.23. The number of anilines is 2. The van der Waals surface area contributed by atoms with E-state index < -0.39 is 0 Å². The van der Waals surface area contributed by atoms with Gasteiger partial charge in [-0.3, -0.25) is 4.79 Å². The first-order chi connectivity index (χ1) is 9.83. The van der Waals surface area contributed by atoms with E-state index in [9.17, 15) is 4.79 Å². The van der Waals surface area contributed by atoms with Crippen molar-refractivity contribution < 1.29 is 4.79 Å². The normalized spacial score (nSPS) is 22.8. The third-order valence-electron chi connectivity index (χ3n) is 4.21. The zero-order valence-electron chi connectivity index (χ0n) is 11.9. The lowest BCUT2D eigenvalue weighted by atomic mass is 10.0. The van der Waals surface area contributed by atoms with E-state index in [1.807, 2.05) is 12.1 Å². The molecule has 0 bridgehead atoms. The summed E-state index contributed by atoms with van der Waals surface area (Å²) < 4.78 is 0. The largest absolute Gasteiger partial charge is 0.371 e. The number of rotatable bonds is 3. The fourth-order valence-corrected chi connectivity index (χ4v) is 3.06. The molecule has 0 aromatic heterocycles. The highest BCUT2D eigenvalue weighted by Crippen LogP contribution is 2.23. The lowest BCUT2D eigenvalue weighted by Crippen LogP contribution is -2.43. The molecule has 1 amide bonds. The van der Waals surface area contributed by atoms with Gasteiger partial charge in [-0.25, -0.2) is 0 Å². The van der Waals surface area contributed by atoms with Crippen molar-refractivity contribution in [3.05, 3.63) is 24.3 Å². The number of amides is 1. The van der Waals surface area contributed by atoms with Crippen LogP contribution in [0.2, 0.25) is 0 Å². The SMILES string of the molecule is O=C(Nc1cccc(N2CCCC2)c1)C1CCCCN1. The molecule has 4 heteroatoms. The molecule has 108 valence electrons. The Balaban J connectivity index is 1.64. The molecule has 0 saturated carbocycles. The van der Waals surface area contributed by atoms with Gasteiger partial charge in [-0.15, -0.1) is 0 Å². The lowest BCUT2D eigenvalue weighted by molar-refractivity contribution is -0.118. The van der Waals surface area contributed by atoms with Gasteiger partial charge in [-0.05, 0) is 50.4 Å². The maximum atomic E-state index is 12.2. The number of hydrogen-bond donors (Lipinski definition) is 2. The summed E-state index contributed by atoms with van der Waals surface area (Å²) in [5, 5.41) is 6.33. The van der Waals surface area contributed by atoms with Crippen molar-refractivity contribution in [3.8, 4) is 0 Å². The molecule has 2 N–H and O–H groups in total. The van der Waals surface area contributed by atoms with Gasteiger partial charge in [0.2, 0.25) is 5.91 Å². The molecule has 2 aliphatic rings. The van der Waals surface area contributed by atoms with Crippen LogP contribution in [0.1, 0.15) is 32.1 Å². The average Bonchev–Trinajstić information content (AvgIpc) is 3.03. The summed E-state index contributed by atoms with van der Waals surface area (Å²) in [5.74, 6) is 0.100. The highest BCUT2D eigenvalue weighted by molar-refractivity contribution is 5.95. The van der Waals surface area contributed by atoms with E-state index >= 15 is 0 Å². The van der Waals surface area contributed by atoms with Gasteiger partial charge in [0.05, 0.1) is 6.04 Å². The molecule has 2 fully saturated rings. The van der Waals surface area contributed by atoms with E-state index in [0.717, 1.165) is 38.2 Å². The standard InChI is InChI=1S/C16H23N3O/c20-16(15-8-1-2-9-17-15)18-13-6-5-7-14(12-13)19-10-3-4-11-19/h5-7,12,15,17H,1-4,8-11H2,(H,18,20). The van der Waals surface area contributed by atoms with Gasteiger partial charge in [0.15, 0.2) is 0 Å². The Kier molecular flexibility index (Phi) is 4.21. The molecule has 0 aliphatic carbocycles. The number of carbonyl (C=O) groups excluding carboxylic acids is 1. The van der Waals surface area contributed by atoms with Crippen LogP contribution < -0.4 is 15.5 Å². The Bertz CT molecular complexity index is 463. The van der Waals surface area contributed by atoms with Crippen molar-refractivity contribution in [2.24, 2.45) is 0 Å². The minimum Gasteiger partial charge on any atom is -0.371 e. The smallest absolute Gasteiger partial charge is 0.241 e. The van der Waals surface area contributed by atoms with Crippen LogP contribution in [0, 0.1) is 0 Å². The summed E-state index contributed by atoms with van der Waals surface area (Å²) in [6.07, 6.45) is 5.79. The molecule has 3 rings (SSSR count). The van der Waals surface area contributed by atoms with Crippen molar-refractivity contribution in [1.29, 1.82) is 0 Å². The molecule has 2 saturated heterocycles. The third-order valence-corrected chi connectivity index (χ3v) is 4.21. The van der Waals surface area contributed by atoms with Gasteiger partial charge in [-0.1, -0.05) is 12.5 Å². The van der Waals surface area contributed by atoms with Gasteiger partial charge in [0, 0.05) is 24.5 Å². The topological polar surface area (TPSA) is 44.4 Å². The highest BCUT2D eigenvalue weighted by Gasteiger charge is 2.20. The van der Waals surface area contributed by atoms with Crippen molar-refractivity contribution in [2.75, 3.05) is 29.9 Å². The average molecular weight is 273 g/mol. The van der Waals surface area contributed by atoms with Crippen molar-refractivity contribution in [2.45, 2.75) is 38.1 Å². The quantitative estimate of drug-likeness (QED) is 0.888. The van der Waals surface area contributed by atoms with Crippen molar-refractivity contribution in [1.82, 2.24) is 5.32 Å². The van der Waals surface area contributed by atoms with E-state index in [4.69, 9.17) is 0 Å². The molecule has 1 aromatic rings. The van der Waals surface area contributed by atoms with E-state index in [1.54, 1.807) is 0 Å². The van der Waals surface area contributed by atoms with Crippen LogP contribution in [-0.4, -0.2) is 31.6 Å². The fraction of sp³-hybridized carbons (Fsp3) is 0.562. The molecular formula is C16H23N3O. The number of piperidine rings is 1. The summed E-state index contributed by atoms with van der Waals surface area (Å²) in [6.45, 7) is 3.20. The van der Waals surface area contributed by atoms with Gasteiger partial charge in [0.25, 0.3) is 0 Å². The van der Waals surface area contributed by atoms with Gasteiger partial charge in [0.1, 0.15) is 0 Å². The van der Waals surface area contributed by atoms with Crippen LogP contribution in [0.5, 0.6) is 0 Å². The van der Waals surface area contributed by atoms with Crippen LogP contribution >= 0.6 is 0 Å².